The third-order valence-corrected chi connectivity index (χ3v) is 5.55. The van der Waals surface area contributed by atoms with E-state index >= 15 is 0 Å². The monoisotopic (exact) mass is 403 g/mol. The molecule has 1 aromatic carbocycles. The van der Waals surface area contributed by atoms with Crippen molar-refractivity contribution < 1.29 is 9.59 Å². The van der Waals surface area contributed by atoms with Gasteiger partial charge >= 0.3 is 0 Å². The Kier molecular flexibility index (Phi) is 5.61. The molecule has 0 aliphatic carbocycles. The van der Waals surface area contributed by atoms with Gasteiger partial charge in [0.25, 0.3) is 0 Å². The van der Waals surface area contributed by atoms with Crippen LogP contribution in [0.25, 0.3) is 11.3 Å². The highest BCUT2D eigenvalue weighted by Crippen LogP contribution is 2.27. The smallest absolute Gasteiger partial charge is 0.227 e. The van der Waals surface area contributed by atoms with Gasteiger partial charge in [0, 0.05) is 49.4 Å². The van der Waals surface area contributed by atoms with Crippen molar-refractivity contribution in [2.45, 2.75) is 26.8 Å². The third-order valence-electron chi connectivity index (χ3n) is 5.55. The summed E-state index contributed by atoms with van der Waals surface area (Å²) in [5.41, 5.74) is 5.06. The Morgan fingerprint density at radius 1 is 1.13 bits per heavy atom. The molecule has 1 atom stereocenters. The van der Waals surface area contributed by atoms with Gasteiger partial charge in [-0.15, -0.1) is 0 Å². The number of carbonyl (C=O) groups excluding carboxylic acids is 2. The lowest BCUT2D eigenvalue weighted by Crippen LogP contribution is -2.34. The molecule has 1 saturated heterocycles. The van der Waals surface area contributed by atoms with Crippen LogP contribution in [0, 0.1) is 19.8 Å². The second-order valence-corrected chi connectivity index (χ2v) is 7.66. The number of hydrogen-bond donors (Lipinski definition) is 1. The Morgan fingerprint density at radius 2 is 1.93 bits per heavy atom. The van der Waals surface area contributed by atoms with Crippen LogP contribution in [0.4, 0.5) is 5.69 Å². The molecule has 154 valence electrons. The predicted octanol–water partition coefficient (Wildman–Crippen LogP) is 2.73. The molecule has 3 aromatic rings. The van der Waals surface area contributed by atoms with E-state index in [4.69, 9.17) is 0 Å². The van der Waals surface area contributed by atoms with Gasteiger partial charge in [-0.25, -0.2) is 0 Å². The van der Waals surface area contributed by atoms with Gasteiger partial charge < -0.3 is 10.2 Å². The number of amides is 2. The van der Waals surface area contributed by atoms with Crippen molar-refractivity contribution in [2.24, 2.45) is 5.92 Å². The summed E-state index contributed by atoms with van der Waals surface area (Å²) in [5.74, 6) is -0.423. The number of nitrogens with zero attached hydrogens (tertiary/aromatic N) is 4. The molecule has 0 radical (unpaired) electrons. The van der Waals surface area contributed by atoms with Crippen LogP contribution in [0.5, 0.6) is 0 Å². The summed E-state index contributed by atoms with van der Waals surface area (Å²) in [6.07, 6.45) is 5.60. The minimum Gasteiger partial charge on any atom is -0.354 e. The quantitative estimate of drug-likeness (QED) is 0.686. The molecule has 0 unspecified atom stereocenters. The zero-order valence-corrected chi connectivity index (χ0v) is 17.2. The molecule has 4 rings (SSSR count). The number of anilines is 1. The molecule has 30 heavy (non-hydrogen) atoms. The summed E-state index contributed by atoms with van der Waals surface area (Å²) < 4.78 is 1.80. The van der Waals surface area contributed by atoms with Crippen molar-refractivity contribution >= 4 is 17.5 Å². The van der Waals surface area contributed by atoms with Gasteiger partial charge in [-0.1, -0.05) is 6.07 Å². The van der Waals surface area contributed by atoms with E-state index in [1.807, 2.05) is 56.4 Å². The standard InChI is InChI=1S/C23H25N5O2/c1-16-3-4-20(13-17(16)2)28-15-19(14-22(28)29)23(30)25-10-12-27-11-7-21(26-27)18-5-8-24-9-6-18/h3-9,11,13,19H,10,12,14-15H2,1-2H3,(H,25,30)/t19-/m0/s1. The Morgan fingerprint density at radius 3 is 2.70 bits per heavy atom. The normalized spacial score (nSPS) is 16.1. The molecule has 7 heteroatoms. The van der Waals surface area contributed by atoms with E-state index in [0.29, 0.717) is 19.6 Å². The average Bonchev–Trinajstić information content (AvgIpc) is 3.38. The summed E-state index contributed by atoms with van der Waals surface area (Å²) in [6.45, 7) is 5.52. The number of nitrogens with one attached hydrogen (secondary N) is 1. The lowest BCUT2D eigenvalue weighted by molar-refractivity contribution is -0.126. The van der Waals surface area contributed by atoms with Gasteiger partial charge in [0.1, 0.15) is 0 Å². The SMILES string of the molecule is Cc1ccc(N2C[C@@H](C(=O)NCCn3ccc(-c4ccncc4)n3)CC2=O)cc1C. The van der Waals surface area contributed by atoms with Crippen molar-refractivity contribution in [1.82, 2.24) is 20.1 Å². The second kappa shape index (κ2) is 8.49. The molecule has 0 spiro atoms. The fourth-order valence-electron chi connectivity index (χ4n) is 3.63. The first-order chi connectivity index (χ1) is 14.5. The van der Waals surface area contributed by atoms with E-state index in [2.05, 4.69) is 15.4 Å². The van der Waals surface area contributed by atoms with Crippen LogP contribution >= 0.6 is 0 Å². The first-order valence-corrected chi connectivity index (χ1v) is 10.1. The van der Waals surface area contributed by atoms with Crippen molar-refractivity contribution in [3.63, 3.8) is 0 Å². The highest BCUT2D eigenvalue weighted by atomic mass is 16.2. The lowest BCUT2D eigenvalue weighted by atomic mass is 10.1. The summed E-state index contributed by atoms with van der Waals surface area (Å²) in [6, 6.07) is 11.7. The van der Waals surface area contributed by atoms with E-state index in [1.165, 1.54) is 5.56 Å². The molecule has 3 heterocycles. The van der Waals surface area contributed by atoms with E-state index in [0.717, 1.165) is 22.5 Å². The Bertz CT molecular complexity index is 1060. The molecule has 7 nitrogen and oxygen atoms in total. The molecule has 1 aliphatic rings. The Hall–Kier alpha value is -3.48. The maximum absolute atomic E-state index is 12.6. The highest BCUT2D eigenvalue weighted by Gasteiger charge is 2.35. The fourth-order valence-corrected chi connectivity index (χ4v) is 3.63. The molecular weight excluding hydrogens is 378 g/mol. The van der Waals surface area contributed by atoms with Gasteiger partial charge in [0.2, 0.25) is 11.8 Å². The third kappa shape index (κ3) is 4.25. The van der Waals surface area contributed by atoms with Crippen LogP contribution in [-0.2, 0) is 16.1 Å². The van der Waals surface area contributed by atoms with Gasteiger partial charge in [-0.2, -0.15) is 5.10 Å². The summed E-state index contributed by atoms with van der Waals surface area (Å²) in [7, 11) is 0. The van der Waals surface area contributed by atoms with Gasteiger partial charge in [-0.05, 0) is 55.3 Å². The van der Waals surface area contributed by atoms with Gasteiger partial charge in [0.15, 0.2) is 0 Å². The van der Waals surface area contributed by atoms with Crippen LogP contribution in [0.2, 0.25) is 0 Å². The maximum Gasteiger partial charge on any atom is 0.227 e. The second-order valence-electron chi connectivity index (χ2n) is 7.66. The van der Waals surface area contributed by atoms with Crippen molar-refractivity contribution in [3.8, 4) is 11.3 Å². The molecule has 0 bridgehead atoms. The molecule has 1 aliphatic heterocycles. The van der Waals surface area contributed by atoms with Crippen molar-refractivity contribution in [3.05, 3.63) is 66.1 Å². The van der Waals surface area contributed by atoms with Gasteiger partial charge in [0.05, 0.1) is 18.2 Å². The Balaban J connectivity index is 1.30. The zero-order valence-electron chi connectivity index (χ0n) is 17.2. The van der Waals surface area contributed by atoms with E-state index in [-0.39, 0.29) is 24.2 Å². The van der Waals surface area contributed by atoms with Crippen LogP contribution < -0.4 is 10.2 Å². The van der Waals surface area contributed by atoms with Crippen LogP contribution in [0.3, 0.4) is 0 Å². The predicted molar refractivity (Wildman–Crippen MR) is 115 cm³/mol. The average molecular weight is 403 g/mol. The topological polar surface area (TPSA) is 80.1 Å². The van der Waals surface area contributed by atoms with E-state index < -0.39 is 0 Å². The number of hydrogen-bond acceptors (Lipinski definition) is 4. The van der Waals surface area contributed by atoms with Gasteiger partial charge in [-0.3, -0.25) is 19.3 Å². The van der Waals surface area contributed by atoms with Crippen LogP contribution in [-0.4, -0.2) is 39.7 Å². The molecule has 0 saturated carbocycles. The minimum atomic E-state index is -0.330. The van der Waals surface area contributed by atoms with Crippen molar-refractivity contribution in [2.75, 3.05) is 18.0 Å². The Labute approximate surface area is 175 Å². The molecular formula is C23H25N5O2. The number of rotatable bonds is 6. The summed E-state index contributed by atoms with van der Waals surface area (Å²) in [5, 5.41) is 7.48. The largest absolute Gasteiger partial charge is 0.354 e. The van der Waals surface area contributed by atoms with Crippen LogP contribution in [0.1, 0.15) is 17.5 Å². The number of carbonyl (C=O) groups is 2. The van der Waals surface area contributed by atoms with E-state index in [9.17, 15) is 9.59 Å². The minimum absolute atomic E-state index is 0.00697. The zero-order chi connectivity index (χ0) is 21.1. The number of pyridine rings is 1. The first-order valence-electron chi connectivity index (χ1n) is 10.1. The summed E-state index contributed by atoms with van der Waals surface area (Å²) in [4.78, 5) is 30.8. The molecule has 1 N–H and O–H groups in total. The highest BCUT2D eigenvalue weighted by molar-refractivity contribution is 6.00. The van der Waals surface area contributed by atoms with Crippen molar-refractivity contribution in [1.29, 1.82) is 0 Å². The molecule has 2 amide bonds. The molecule has 1 fully saturated rings. The van der Waals surface area contributed by atoms with E-state index in [1.54, 1.807) is 22.0 Å². The summed E-state index contributed by atoms with van der Waals surface area (Å²) >= 11 is 0. The lowest BCUT2D eigenvalue weighted by Gasteiger charge is -2.18. The maximum atomic E-state index is 12.6. The fraction of sp³-hybridized carbons (Fsp3) is 0.304. The first kappa shape index (κ1) is 19.8. The number of aryl methyl sites for hydroxylation is 2. The number of aromatic nitrogens is 3. The molecule has 2 aromatic heterocycles. The van der Waals surface area contributed by atoms with Crippen LogP contribution in [0.15, 0.2) is 55.0 Å². The number of benzene rings is 1.